The van der Waals surface area contributed by atoms with Gasteiger partial charge in [0.25, 0.3) is 0 Å². The van der Waals surface area contributed by atoms with Crippen LogP contribution in [0.4, 0.5) is 26.3 Å². The Balaban J connectivity index is 3.13. The van der Waals surface area contributed by atoms with E-state index >= 15 is 0 Å². The van der Waals surface area contributed by atoms with E-state index in [4.69, 9.17) is 0 Å². The highest BCUT2D eigenvalue weighted by Crippen LogP contribution is 2.46. The third-order valence-electron chi connectivity index (χ3n) is 2.07. The molecule has 0 saturated carbocycles. The van der Waals surface area contributed by atoms with E-state index in [0.29, 0.717) is 10.9 Å². The van der Waals surface area contributed by atoms with Gasteiger partial charge in [-0.15, -0.1) is 5.10 Å². The molecule has 0 spiro atoms. The maximum absolute atomic E-state index is 12.3. The predicted molar refractivity (Wildman–Crippen MR) is 41.6 cm³/mol. The van der Waals surface area contributed by atoms with Crippen LogP contribution in [0.1, 0.15) is 11.8 Å². The smallest absolute Gasteiger partial charge is 0.386 e. The first-order chi connectivity index (χ1) is 7.55. The minimum absolute atomic E-state index is 0.648. The van der Waals surface area contributed by atoms with Gasteiger partial charge in [-0.25, -0.2) is 4.68 Å². The highest BCUT2D eigenvalue weighted by Gasteiger charge is 2.61. The average Bonchev–Trinajstić information content (AvgIpc) is 2.45. The number of aromatic nitrogens is 3. The summed E-state index contributed by atoms with van der Waals surface area (Å²) < 4.78 is 74.2. The minimum atomic E-state index is -5.61. The first kappa shape index (κ1) is 13.7. The van der Waals surface area contributed by atoms with Crippen molar-refractivity contribution in [1.82, 2.24) is 15.0 Å². The Morgan fingerprint density at radius 3 is 1.94 bits per heavy atom. The van der Waals surface area contributed by atoms with Crippen molar-refractivity contribution in [3.8, 4) is 0 Å². The Morgan fingerprint density at radius 2 is 1.65 bits per heavy atom. The number of aliphatic hydroxyl groups excluding tert-OH is 1. The van der Waals surface area contributed by atoms with Crippen LogP contribution in [0.3, 0.4) is 0 Å². The Labute approximate surface area is 90.8 Å². The fraction of sp³-hybridized carbons (Fsp3) is 0.714. The maximum Gasteiger partial charge on any atom is 0.403 e. The molecule has 0 saturated heterocycles. The largest absolute Gasteiger partial charge is 0.403 e. The van der Waals surface area contributed by atoms with Crippen molar-refractivity contribution in [2.24, 2.45) is 13.0 Å². The molecule has 98 valence electrons. The summed E-state index contributed by atoms with van der Waals surface area (Å²) in [7, 11) is 1.08. The van der Waals surface area contributed by atoms with Crippen LogP contribution in [-0.4, -0.2) is 32.5 Å². The van der Waals surface area contributed by atoms with Crippen molar-refractivity contribution in [2.45, 2.75) is 18.5 Å². The van der Waals surface area contributed by atoms with E-state index < -0.39 is 30.1 Å². The van der Waals surface area contributed by atoms with Crippen LogP contribution < -0.4 is 0 Å². The van der Waals surface area contributed by atoms with Gasteiger partial charge in [-0.2, -0.15) is 26.3 Å². The topological polar surface area (TPSA) is 50.9 Å². The number of rotatable bonds is 2. The normalized spacial score (nSPS) is 15.4. The van der Waals surface area contributed by atoms with E-state index in [0.717, 1.165) is 7.05 Å². The fourth-order valence-electron chi connectivity index (χ4n) is 1.28. The van der Waals surface area contributed by atoms with Gasteiger partial charge in [0.15, 0.2) is 5.92 Å². The van der Waals surface area contributed by atoms with E-state index in [1.807, 2.05) is 0 Å². The van der Waals surface area contributed by atoms with Crippen LogP contribution in [0.25, 0.3) is 0 Å². The van der Waals surface area contributed by atoms with Crippen LogP contribution in [0.2, 0.25) is 0 Å². The van der Waals surface area contributed by atoms with Gasteiger partial charge in [0.05, 0.1) is 11.9 Å². The van der Waals surface area contributed by atoms with E-state index in [1.54, 1.807) is 0 Å². The quantitative estimate of drug-likeness (QED) is 0.824. The zero-order chi connectivity index (χ0) is 13.4. The Bertz CT molecular complexity index is 370. The lowest BCUT2D eigenvalue weighted by molar-refractivity contribution is -0.308. The van der Waals surface area contributed by atoms with Gasteiger partial charge in [0, 0.05) is 7.05 Å². The summed E-state index contributed by atoms with van der Waals surface area (Å²) in [6.07, 6.45) is -13.4. The minimum Gasteiger partial charge on any atom is -0.386 e. The lowest BCUT2D eigenvalue weighted by Gasteiger charge is -2.26. The maximum atomic E-state index is 12.3. The van der Waals surface area contributed by atoms with Gasteiger partial charge in [-0.1, -0.05) is 5.21 Å². The molecule has 0 radical (unpaired) electrons. The molecule has 0 aliphatic rings. The summed E-state index contributed by atoms with van der Waals surface area (Å²) in [5, 5.41) is 15.4. The van der Waals surface area contributed by atoms with Crippen molar-refractivity contribution in [2.75, 3.05) is 0 Å². The third-order valence-corrected chi connectivity index (χ3v) is 2.07. The molecule has 17 heavy (non-hydrogen) atoms. The fourth-order valence-corrected chi connectivity index (χ4v) is 1.28. The van der Waals surface area contributed by atoms with Crippen LogP contribution >= 0.6 is 0 Å². The van der Waals surface area contributed by atoms with Crippen LogP contribution in [-0.2, 0) is 7.05 Å². The van der Waals surface area contributed by atoms with E-state index in [2.05, 4.69) is 10.3 Å². The SMILES string of the molecule is Cn1nncc1C(O)C(C(F)(F)F)C(F)(F)F. The zero-order valence-electron chi connectivity index (χ0n) is 8.29. The van der Waals surface area contributed by atoms with Gasteiger partial charge in [0.2, 0.25) is 0 Å². The molecule has 0 aliphatic carbocycles. The second-order valence-corrected chi connectivity index (χ2v) is 3.29. The second kappa shape index (κ2) is 4.17. The number of halogens is 6. The Kier molecular flexibility index (Phi) is 3.37. The Morgan fingerprint density at radius 1 is 1.18 bits per heavy atom. The number of aryl methyl sites for hydroxylation is 1. The highest BCUT2D eigenvalue weighted by atomic mass is 19.4. The standard InChI is InChI=1S/C7H7F6N3O/c1-16-3(2-14-15-16)4(17)5(6(8,9)10)7(11,12)13/h2,4-5,17H,1H3. The third kappa shape index (κ3) is 2.87. The number of aliphatic hydroxyl groups is 1. The molecule has 1 atom stereocenters. The molecule has 1 N–H and O–H groups in total. The number of hydrogen-bond acceptors (Lipinski definition) is 3. The first-order valence-corrected chi connectivity index (χ1v) is 4.21. The molecule has 1 heterocycles. The lowest BCUT2D eigenvalue weighted by atomic mass is 9.99. The zero-order valence-corrected chi connectivity index (χ0v) is 8.29. The molecule has 0 aliphatic heterocycles. The van der Waals surface area contributed by atoms with E-state index in [-0.39, 0.29) is 0 Å². The second-order valence-electron chi connectivity index (χ2n) is 3.29. The number of nitrogens with zero attached hydrogens (tertiary/aromatic N) is 3. The van der Waals surface area contributed by atoms with Gasteiger partial charge in [-0.3, -0.25) is 0 Å². The lowest BCUT2D eigenvalue weighted by Crippen LogP contribution is -2.41. The summed E-state index contributed by atoms with van der Waals surface area (Å²) in [6, 6.07) is 0. The molecule has 0 aromatic carbocycles. The monoisotopic (exact) mass is 263 g/mol. The first-order valence-electron chi connectivity index (χ1n) is 4.21. The molecule has 1 unspecified atom stereocenters. The average molecular weight is 263 g/mol. The number of alkyl halides is 6. The molecule has 1 aromatic rings. The molecule has 1 rings (SSSR count). The number of hydrogen-bond donors (Lipinski definition) is 1. The van der Waals surface area contributed by atoms with Crippen molar-refractivity contribution < 1.29 is 31.4 Å². The van der Waals surface area contributed by atoms with Gasteiger partial charge in [0.1, 0.15) is 6.10 Å². The molecular weight excluding hydrogens is 256 g/mol. The molecule has 0 bridgehead atoms. The molecule has 0 amide bonds. The van der Waals surface area contributed by atoms with Gasteiger partial charge < -0.3 is 5.11 Å². The van der Waals surface area contributed by atoms with Crippen molar-refractivity contribution in [3.05, 3.63) is 11.9 Å². The summed E-state index contributed by atoms with van der Waals surface area (Å²) in [6.45, 7) is 0. The van der Waals surface area contributed by atoms with Crippen molar-refractivity contribution >= 4 is 0 Å². The molecule has 4 nitrogen and oxygen atoms in total. The summed E-state index contributed by atoms with van der Waals surface area (Å²) in [4.78, 5) is 0. The van der Waals surface area contributed by atoms with E-state index in [1.165, 1.54) is 0 Å². The van der Waals surface area contributed by atoms with Gasteiger partial charge >= 0.3 is 12.4 Å². The molecule has 1 aromatic heterocycles. The summed E-state index contributed by atoms with van der Waals surface area (Å²) >= 11 is 0. The van der Waals surface area contributed by atoms with Crippen LogP contribution in [0, 0.1) is 5.92 Å². The predicted octanol–water partition coefficient (Wildman–Crippen LogP) is 1.59. The van der Waals surface area contributed by atoms with E-state index in [9.17, 15) is 31.4 Å². The molecular formula is C7H7F6N3O. The summed E-state index contributed by atoms with van der Waals surface area (Å²) in [5.74, 6) is -3.87. The van der Waals surface area contributed by atoms with Crippen LogP contribution in [0.15, 0.2) is 6.20 Å². The van der Waals surface area contributed by atoms with Crippen LogP contribution in [0.5, 0.6) is 0 Å². The molecule has 0 fully saturated rings. The molecule has 10 heteroatoms. The van der Waals surface area contributed by atoms with Crippen molar-refractivity contribution in [3.63, 3.8) is 0 Å². The summed E-state index contributed by atoms with van der Waals surface area (Å²) in [5.41, 5.74) is -0.662. The van der Waals surface area contributed by atoms with Gasteiger partial charge in [-0.05, 0) is 0 Å². The highest BCUT2D eigenvalue weighted by molar-refractivity contribution is 5.03. The Hall–Kier alpha value is -1.32. The van der Waals surface area contributed by atoms with Crippen molar-refractivity contribution in [1.29, 1.82) is 0 Å².